The molecule has 0 fully saturated rings. The number of benzene rings is 2. The maximum atomic E-state index is 13.8. The topological polar surface area (TPSA) is 471 Å². The van der Waals surface area contributed by atoms with E-state index in [0.717, 1.165) is 17.0 Å². The molecular formula is C50H74B2N14O19S. The summed E-state index contributed by atoms with van der Waals surface area (Å²) in [6, 6.07) is 5.83. The number of amides is 12. The number of ether oxygens (including phenoxy) is 6. The zero-order valence-corrected chi connectivity index (χ0v) is 48.7. The van der Waals surface area contributed by atoms with Gasteiger partial charge in [-0.2, -0.15) is 5.90 Å². The first kappa shape index (κ1) is 73.3. The molecule has 0 aliphatic rings. The Morgan fingerprint density at radius 3 is 1.34 bits per heavy atom. The van der Waals surface area contributed by atoms with Gasteiger partial charge >= 0.3 is 36.4 Å². The number of rotatable bonds is 38. The fourth-order valence-corrected chi connectivity index (χ4v) is 7.47. The van der Waals surface area contributed by atoms with E-state index in [1.807, 2.05) is 0 Å². The molecule has 2 aromatic rings. The van der Waals surface area contributed by atoms with Crippen molar-refractivity contribution in [1.82, 2.24) is 46.2 Å². The molecule has 4 atom stereocenters. The first-order valence-corrected chi connectivity index (χ1v) is 27.4. The largest absolute Gasteiger partial charge is 0.470 e. The molecule has 2 rings (SSSR count). The van der Waals surface area contributed by atoms with Crippen LogP contribution in [0, 0.1) is 11.8 Å². The van der Waals surface area contributed by atoms with Gasteiger partial charge in [0.15, 0.2) is 0 Å². The van der Waals surface area contributed by atoms with Gasteiger partial charge < -0.3 is 92.2 Å². The van der Waals surface area contributed by atoms with E-state index in [1.165, 1.54) is 24.3 Å². The number of nitrogens with two attached hydrogens (primary N) is 3. The number of alkyl carbamates (subject to hydrolysis) is 2. The number of hydrogen-bond acceptors (Lipinski definition) is 22. The van der Waals surface area contributed by atoms with Crippen LogP contribution in [0.15, 0.2) is 48.5 Å². The number of nitrogens with zero attached hydrogens (tertiary/aromatic N) is 1. The van der Waals surface area contributed by atoms with E-state index in [0.29, 0.717) is 22.5 Å². The Labute approximate surface area is 502 Å². The maximum Gasteiger partial charge on any atom is 0.436 e. The van der Waals surface area contributed by atoms with Crippen molar-refractivity contribution >= 4 is 111 Å². The molecule has 0 saturated carbocycles. The minimum atomic E-state index is -1.28. The highest BCUT2D eigenvalue weighted by molar-refractivity contribution is 7.96. The third kappa shape index (κ3) is 32.3. The number of urea groups is 2. The first-order valence-electron chi connectivity index (χ1n) is 26.6. The lowest BCUT2D eigenvalue weighted by Gasteiger charge is -2.26. The lowest BCUT2D eigenvalue weighted by Crippen LogP contribution is -2.55. The van der Waals surface area contributed by atoms with Gasteiger partial charge in [-0.1, -0.05) is 52.0 Å². The van der Waals surface area contributed by atoms with Gasteiger partial charge in [0, 0.05) is 43.1 Å². The van der Waals surface area contributed by atoms with Gasteiger partial charge in [-0.15, -0.1) is 0 Å². The minimum Gasteiger partial charge on any atom is -0.470 e. The summed E-state index contributed by atoms with van der Waals surface area (Å²) >= 11 is 0.780. The van der Waals surface area contributed by atoms with Crippen molar-refractivity contribution in [3.8, 4) is 0 Å². The summed E-state index contributed by atoms with van der Waals surface area (Å²) in [5, 5.41) is 20.4. The Kier molecular flexibility index (Phi) is 35.2. The Balaban J connectivity index is 2.17. The number of anilines is 2. The number of carbonyl (C=O) groups excluding carboxylic acids is 12. The number of hydrogen-bond donors (Lipinski definition) is 13. The molecular weight excluding hydrogens is 1150 g/mol. The highest BCUT2D eigenvalue weighted by atomic mass is 32.2. The van der Waals surface area contributed by atoms with Crippen molar-refractivity contribution in [2.75, 3.05) is 76.4 Å². The van der Waals surface area contributed by atoms with Gasteiger partial charge in [0.2, 0.25) is 51.1 Å². The van der Waals surface area contributed by atoms with E-state index in [1.54, 1.807) is 52.0 Å². The molecule has 470 valence electrons. The number of carbonyl (C=O) groups is 12. The summed E-state index contributed by atoms with van der Waals surface area (Å²) in [6.45, 7) is 4.59. The third-order valence-corrected chi connectivity index (χ3v) is 12.0. The summed E-state index contributed by atoms with van der Waals surface area (Å²) in [7, 11) is 10.1. The van der Waals surface area contributed by atoms with E-state index >= 15 is 0 Å². The highest BCUT2D eigenvalue weighted by Crippen LogP contribution is 2.15. The van der Waals surface area contributed by atoms with Crippen LogP contribution in [0.3, 0.4) is 0 Å². The van der Waals surface area contributed by atoms with E-state index in [-0.39, 0.29) is 91.4 Å². The molecule has 0 bridgehead atoms. The van der Waals surface area contributed by atoms with Crippen LogP contribution >= 0.6 is 12.1 Å². The van der Waals surface area contributed by atoms with Crippen molar-refractivity contribution in [2.24, 2.45) is 29.2 Å². The van der Waals surface area contributed by atoms with Crippen LogP contribution in [-0.2, 0) is 65.7 Å². The quantitative estimate of drug-likeness (QED) is 0.0143. The van der Waals surface area contributed by atoms with Crippen LogP contribution in [0.2, 0.25) is 0 Å². The molecule has 33 nitrogen and oxygen atoms in total. The molecule has 0 aliphatic heterocycles. The van der Waals surface area contributed by atoms with Gasteiger partial charge in [0.25, 0.3) is 0 Å². The standard InChI is InChI=1S/C50H74B2N14O19S/c1-29(2)37(41(69)61-35(7-5-17-56-45(53)73)39(67)59-33-13-9-31(10-14-33)27-83-43(51)71)63-47(75)80-23-20-66(50(78)82-26-25-79-22-19-58-86-65-49(77)85-55)21-24-81-48(76)64-38(30(3)4)42(70)62-36(8-6-18-57-46(54)74)40(68)60-34-15-11-32(12-16-34)28-84-44(52)72/h9-16,29-30,35-38,58H,5-8,17-28,55H2,1-4H3,(H,59,67)(H,60,68)(H,61,69)(H,62,70)(H,63,75)(H,64,76)(H,65,77)(H3,53,56,73)(H3,54,57,74)/t35-,36-,37-,38-/m0/s1. The van der Waals surface area contributed by atoms with E-state index in [2.05, 4.69) is 56.8 Å². The van der Waals surface area contributed by atoms with Crippen LogP contribution in [0.25, 0.3) is 0 Å². The van der Waals surface area contributed by atoms with E-state index in [9.17, 15) is 57.5 Å². The second kappa shape index (κ2) is 41.3. The molecule has 0 aliphatic carbocycles. The molecule has 12 amide bonds. The molecule has 16 N–H and O–H groups in total. The Bertz CT molecular complexity index is 2400. The van der Waals surface area contributed by atoms with Gasteiger partial charge in [-0.3, -0.25) is 33.5 Å². The lowest BCUT2D eigenvalue weighted by atomic mass is 10.0. The monoisotopic (exact) mass is 1230 g/mol. The summed E-state index contributed by atoms with van der Waals surface area (Å²) in [6.07, 6.45) is -3.67. The molecule has 0 aromatic heterocycles. The van der Waals surface area contributed by atoms with Crippen LogP contribution in [0.1, 0.15) is 64.5 Å². The summed E-state index contributed by atoms with van der Waals surface area (Å²) < 4.78 is 36.0. The minimum absolute atomic E-state index is 0.0106. The van der Waals surface area contributed by atoms with Crippen molar-refractivity contribution in [3.63, 3.8) is 0 Å². The third-order valence-electron chi connectivity index (χ3n) is 11.4. The van der Waals surface area contributed by atoms with Crippen molar-refractivity contribution in [3.05, 3.63) is 59.7 Å². The zero-order chi connectivity index (χ0) is 64.0. The number of primary amides is 2. The summed E-state index contributed by atoms with van der Waals surface area (Å²) in [4.78, 5) is 155. The predicted octanol–water partition coefficient (Wildman–Crippen LogP) is 0.450. The summed E-state index contributed by atoms with van der Waals surface area (Å²) in [5.41, 5.74) is 12.1. The Hall–Kier alpha value is -8.76. The van der Waals surface area contributed by atoms with Crippen LogP contribution in [0.4, 0.5) is 49.7 Å². The molecule has 2 aromatic carbocycles. The second-order valence-corrected chi connectivity index (χ2v) is 19.5. The van der Waals surface area contributed by atoms with Crippen molar-refractivity contribution in [2.45, 2.75) is 90.8 Å². The molecule has 0 saturated heterocycles. The van der Waals surface area contributed by atoms with Gasteiger partial charge in [-0.25, -0.2) is 33.5 Å². The molecule has 0 heterocycles. The van der Waals surface area contributed by atoms with Crippen LogP contribution < -0.4 is 69.3 Å². The SMILES string of the molecule is [B]C(=O)OCc1ccc(NC(=O)[C@H](CCCNC(N)=O)NC(=O)[C@@H](NC(=O)OCCN(CCOC(=O)N[C@H](C(=O)N[C@@H](CCCNC(N)=O)C(=O)Nc2ccc(COC([B])=O)cc2)C(C)C)C(=O)OCCOCCNSNC(=O)ON)C(C)C)cc1. The predicted molar refractivity (Wildman–Crippen MR) is 309 cm³/mol. The zero-order valence-electron chi connectivity index (χ0n) is 47.9. The van der Waals surface area contributed by atoms with Gasteiger partial charge in [0.1, 0.15) is 57.2 Å². The van der Waals surface area contributed by atoms with Crippen molar-refractivity contribution < 1.29 is 90.8 Å². The van der Waals surface area contributed by atoms with Gasteiger partial charge in [0.05, 0.1) is 26.3 Å². The fraction of sp³-hybridized carbons (Fsp3) is 0.520. The maximum absolute atomic E-state index is 13.8. The Morgan fingerprint density at radius 1 is 0.523 bits per heavy atom. The van der Waals surface area contributed by atoms with E-state index in [4.69, 9.17) is 61.5 Å². The van der Waals surface area contributed by atoms with Crippen molar-refractivity contribution in [1.29, 1.82) is 0 Å². The molecule has 0 spiro atoms. The number of nitrogens with one attached hydrogen (secondary N) is 10. The van der Waals surface area contributed by atoms with Crippen LogP contribution in [0.5, 0.6) is 0 Å². The smallest absolute Gasteiger partial charge is 0.436 e. The van der Waals surface area contributed by atoms with Crippen LogP contribution in [-0.4, -0.2) is 182 Å². The fourth-order valence-electron chi connectivity index (χ4n) is 7.08. The molecule has 0 unspecified atom stereocenters. The molecule has 4 radical (unpaired) electrons. The highest BCUT2D eigenvalue weighted by Gasteiger charge is 2.32. The average molecular weight is 1230 g/mol. The second-order valence-electron chi connectivity index (χ2n) is 18.8. The van der Waals surface area contributed by atoms with Gasteiger partial charge in [-0.05, 0) is 72.9 Å². The van der Waals surface area contributed by atoms with E-state index < -0.39 is 121 Å². The summed E-state index contributed by atoms with van der Waals surface area (Å²) in [5.74, 6) is -1.22. The lowest BCUT2D eigenvalue weighted by molar-refractivity contribution is -0.128. The average Bonchev–Trinajstić information content (AvgIpc) is 3.60. The molecule has 36 heteroatoms. The first-order chi connectivity index (χ1) is 40.9. The molecule has 86 heavy (non-hydrogen) atoms. The Morgan fingerprint density at radius 2 is 0.953 bits per heavy atom. The normalized spacial score (nSPS) is 12.0.